The van der Waals surface area contributed by atoms with Gasteiger partial charge in [-0.25, -0.2) is 0 Å². The third-order valence-corrected chi connectivity index (χ3v) is 4.15. The minimum Gasteiger partial charge on any atom is -0.383 e. The Bertz CT molecular complexity index is 613. The smallest absolute Gasteiger partial charge is 0.0373 e. The summed E-state index contributed by atoms with van der Waals surface area (Å²) in [5.41, 5.74) is 2.55. The van der Waals surface area contributed by atoms with Crippen molar-refractivity contribution >= 4 is 22.1 Å². The molecule has 0 unspecified atom stereocenters. The monoisotopic (exact) mass is 283 g/mol. The first-order valence-electron chi connectivity index (χ1n) is 7.86. The molecule has 0 atom stereocenters. The van der Waals surface area contributed by atoms with E-state index in [4.69, 9.17) is 0 Å². The number of benzene rings is 2. The summed E-state index contributed by atoms with van der Waals surface area (Å²) >= 11 is 0. The Kier molecular flexibility index (Phi) is 4.02. The lowest BCUT2D eigenvalue weighted by Gasteiger charge is -2.34. The molecule has 2 aromatic carbocycles. The van der Waals surface area contributed by atoms with E-state index in [0.717, 1.165) is 26.2 Å². The molecule has 0 spiro atoms. The molecule has 0 aromatic heterocycles. The zero-order valence-corrected chi connectivity index (χ0v) is 13.3. The van der Waals surface area contributed by atoms with Crippen molar-refractivity contribution in [1.29, 1.82) is 0 Å². The van der Waals surface area contributed by atoms with Gasteiger partial charge in [0.25, 0.3) is 0 Å². The second-order valence-electron chi connectivity index (χ2n) is 6.34. The highest BCUT2D eigenvalue weighted by Crippen LogP contribution is 2.25. The minimum atomic E-state index is 0.465. The van der Waals surface area contributed by atoms with E-state index in [1.807, 2.05) is 0 Å². The van der Waals surface area contributed by atoms with E-state index in [0.29, 0.717) is 6.04 Å². The third kappa shape index (κ3) is 3.30. The largest absolute Gasteiger partial charge is 0.383 e. The number of piperazine rings is 1. The summed E-state index contributed by atoms with van der Waals surface area (Å²) in [6.45, 7) is 8.87. The summed E-state index contributed by atoms with van der Waals surface area (Å²) in [6.07, 6.45) is 0. The molecule has 1 aliphatic heterocycles. The van der Waals surface area contributed by atoms with Gasteiger partial charge in [0.1, 0.15) is 0 Å². The SMILES string of the molecule is CC(C)Nc1ccc2cc(N3CCN(C)CC3)ccc2c1. The van der Waals surface area contributed by atoms with Crippen LogP contribution < -0.4 is 10.2 Å². The fourth-order valence-corrected chi connectivity index (χ4v) is 2.92. The maximum Gasteiger partial charge on any atom is 0.0373 e. The van der Waals surface area contributed by atoms with Gasteiger partial charge in [-0.3, -0.25) is 0 Å². The molecule has 1 aliphatic rings. The molecule has 1 heterocycles. The van der Waals surface area contributed by atoms with Crippen LogP contribution >= 0.6 is 0 Å². The molecule has 21 heavy (non-hydrogen) atoms. The van der Waals surface area contributed by atoms with Crippen LogP contribution in [0.1, 0.15) is 13.8 Å². The standard InChI is InChI=1S/C18H25N3/c1-14(2)19-17-6-4-16-13-18(7-5-15(16)12-17)21-10-8-20(3)9-11-21/h4-7,12-14,19H,8-11H2,1-3H3. The lowest BCUT2D eigenvalue weighted by atomic mass is 10.1. The van der Waals surface area contributed by atoms with Crippen molar-refractivity contribution in [3.05, 3.63) is 36.4 Å². The van der Waals surface area contributed by atoms with Crippen molar-refractivity contribution in [2.75, 3.05) is 43.4 Å². The zero-order valence-electron chi connectivity index (χ0n) is 13.3. The molecule has 3 nitrogen and oxygen atoms in total. The topological polar surface area (TPSA) is 18.5 Å². The van der Waals surface area contributed by atoms with E-state index >= 15 is 0 Å². The molecule has 2 aromatic rings. The molecule has 1 fully saturated rings. The van der Waals surface area contributed by atoms with E-state index in [1.54, 1.807) is 0 Å². The second-order valence-corrected chi connectivity index (χ2v) is 6.34. The molecule has 0 saturated carbocycles. The van der Waals surface area contributed by atoms with Gasteiger partial charge in [-0.15, -0.1) is 0 Å². The van der Waals surface area contributed by atoms with E-state index in [9.17, 15) is 0 Å². The Morgan fingerprint density at radius 3 is 2.29 bits per heavy atom. The molecule has 1 saturated heterocycles. The summed E-state index contributed by atoms with van der Waals surface area (Å²) in [7, 11) is 2.20. The van der Waals surface area contributed by atoms with Crippen LogP contribution in [-0.4, -0.2) is 44.2 Å². The zero-order chi connectivity index (χ0) is 14.8. The quantitative estimate of drug-likeness (QED) is 0.931. The fourth-order valence-electron chi connectivity index (χ4n) is 2.92. The minimum absolute atomic E-state index is 0.465. The molecule has 112 valence electrons. The molecule has 3 heteroatoms. The number of rotatable bonds is 3. The number of nitrogens with one attached hydrogen (secondary N) is 1. The predicted octanol–water partition coefficient (Wildman–Crippen LogP) is 3.41. The van der Waals surface area contributed by atoms with Gasteiger partial charge >= 0.3 is 0 Å². The molecular formula is C18H25N3. The van der Waals surface area contributed by atoms with Crippen LogP contribution in [0.2, 0.25) is 0 Å². The van der Waals surface area contributed by atoms with Gasteiger partial charge in [-0.2, -0.15) is 0 Å². The highest BCUT2D eigenvalue weighted by Gasteiger charge is 2.14. The number of anilines is 2. The van der Waals surface area contributed by atoms with Crippen LogP contribution in [0.25, 0.3) is 10.8 Å². The van der Waals surface area contributed by atoms with Crippen LogP contribution in [-0.2, 0) is 0 Å². The van der Waals surface area contributed by atoms with Gasteiger partial charge in [-0.1, -0.05) is 12.1 Å². The number of nitrogens with zero attached hydrogens (tertiary/aromatic N) is 2. The van der Waals surface area contributed by atoms with Crippen LogP contribution in [0.5, 0.6) is 0 Å². The average Bonchev–Trinajstić information content (AvgIpc) is 2.47. The Morgan fingerprint density at radius 2 is 1.57 bits per heavy atom. The predicted molar refractivity (Wildman–Crippen MR) is 92.4 cm³/mol. The maximum absolute atomic E-state index is 3.46. The van der Waals surface area contributed by atoms with Crippen LogP contribution in [0.15, 0.2) is 36.4 Å². The first-order valence-corrected chi connectivity index (χ1v) is 7.86. The van der Waals surface area contributed by atoms with Crippen molar-refractivity contribution < 1.29 is 0 Å². The Hall–Kier alpha value is -1.74. The van der Waals surface area contributed by atoms with Crippen molar-refractivity contribution in [3.8, 4) is 0 Å². The van der Waals surface area contributed by atoms with Crippen LogP contribution in [0.3, 0.4) is 0 Å². The molecule has 1 N–H and O–H groups in total. The fraction of sp³-hybridized carbons (Fsp3) is 0.444. The van der Waals surface area contributed by atoms with E-state index in [-0.39, 0.29) is 0 Å². The number of likely N-dealkylation sites (N-methyl/N-ethyl adjacent to an activating group) is 1. The number of fused-ring (bicyclic) bond motifs is 1. The number of hydrogen-bond donors (Lipinski definition) is 1. The highest BCUT2D eigenvalue weighted by atomic mass is 15.2. The normalized spacial score (nSPS) is 16.7. The molecular weight excluding hydrogens is 258 g/mol. The van der Waals surface area contributed by atoms with Gasteiger partial charge in [-0.05, 0) is 55.9 Å². The second kappa shape index (κ2) is 5.94. The van der Waals surface area contributed by atoms with E-state index in [2.05, 4.69) is 72.4 Å². The van der Waals surface area contributed by atoms with Gasteiger partial charge in [0.05, 0.1) is 0 Å². The molecule has 0 amide bonds. The molecule has 0 bridgehead atoms. The Balaban J connectivity index is 1.83. The van der Waals surface area contributed by atoms with E-state index in [1.165, 1.54) is 22.1 Å². The highest BCUT2D eigenvalue weighted by molar-refractivity contribution is 5.88. The van der Waals surface area contributed by atoms with Gasteiger partial charge in [0.15, 0.2) is 0 Å². The van der Waals surface area contributed by atoms with Crippen LogP contribution in [0.4, 0.5) is 11.4 Å². The lowest BCUT2D eigenvalue weighted by Crippen LogP contribution is -2.44. The molecule has 3 rings (SSSR count). The third-order valence-electron chi connectivity index (χ3n) is 4.15. The average molecular weight is 283 g/mol. The van der Waals surface area contributed by atoms with Crippen LogP contribution in [0, 0.1) is 0 Å². The maximum atomic E-state index is 3.46. The first kappa shape index (κ1) is 14.2. The van der Waals surface area contributed by atoms with Gasteiger partial charge in [0, 0.05) is 43.6 Å². The van der Waals surface area contributed by atoms with Crippen molar-refractivity contribution in [2.45, 2.75) is 19.9 Å². The number of hydrogen-bond acceptors (Lipinski definition) is 3. The summed E-state index contributed by atoms with van der Waals surface area (Å²) in [4.78, 5) is 4.88. The molecule has 0 aliphatic carbocycles. The summed E-state index contributed by atoms with van der Waals surface area (Å²) in [5, 5.41) is 6.09. The summed E-state index contributed by atoms with van der Waals surface area (Å²) in [6, 6.07) is 13.9. The Morgan fingerprint density at radius 1 is 0.905 bits per heavy atom. The molecule has 0 radical (unpaired) electrons. The summed E-state index contributed by atoms with van der Waals surface area (Å²) in [5.74, 6) is 0. The lowest BCUT2D eigenvalue weighted by molar-refractivity contribution is 0.313. The first-order chi connectivity index (χ1) is 10.1. The van der Waals surface area contributed by atoms with Crippen molar-refractivity contribution in [3.63, 3.8) is 0 Å². The summed E-state index contributed by atoms with van der Waals surface area (Å²) < 4.78 is 0. The van der Waals surface area contributed by atoms with Crippen molar-refractivity contribution in [2.24, 2.45) is 0 Å². The van der Waals surface area contributed by atoms with Gasteiger partial charge in [0.2, 0.25) is 0 Å². The van der Waals surface area contributed by atoms with Gasteiger partial charge < -0.3 is 15.1 Å². The van der Waals surface area contributed by atoms with Crippen molar-refractivity contribution in [1.82, 2.24) is 4.90 Å². The van der Waals surface area contributed by atoms with E-state index < -0.39 is 0 Å². The Labute approximate surface area is 127 Å².